The highest BCUT2D eigenvalue weighted by atomic mass is 32.2. The zero-order valence-corrected chi connectivity index (χ0v) is 28.7. The van der Waals surface area contributed by atoms with E-state index >= 15 is 0 Å². The number of benzene rings is 2. The van der Waals surface area contributed by atoms with Gasteiger partial charge in [-0.1, -0.05) is 61.5 Å². The van der Waals surface area contributed by atoms with E-state index in [0.29, 0.717) is 11.1 Å². The standard InChI is InChI=1S/C31H46N4O9S2/c1-22(2)20-34(46(43,44)25-14-12-24(13-15-25)19-32-40)21-28(36)26(18-23-10-8-7-9-11-23)33-29(37)27(16-17-45(6,41)42)35(30(38)39)31(3,4)5/h7-15,19,22,26-28,36,40H,16-18,20-21H2,1-6H3,(H,33,37)(H,38,39)/b32-19+/t26-,27-,28+/m0/s1. The number of oxime groups is 1. The topological polar surface area (TPSA) is 194 Å². The van der Waals surface area contributed by atoms with Crippen LogP contribution in [0.5, 0.6) is 0 Å². The molecule has 13 nitrogen and oxygen atoms in total. The molecule has 0 radical (unpaired) electrons. The van der Waals surface area contributed by atoms with E-state index < -0.39 is 67.9 Å². The van der Waals surface area contributed by atoms with E-state index in [1.54, 1.807) is 51.1 Å². The first kappa shape index (κ1) is 38.7. The van der Waals surface area contributed by atoms with Gasteiger partial charge in [-0.3, -0.25) is 9.69 Å². The van der Waals surface area contributed by atoms with E-state index in [9.17, 15) is 36.6 Å². The molecule has 256 valence electrons. The van der Waals surface area contributed by atoms with Gasteiger partial charge in [0.25, 0.3) is 0 Å². The molecule has 0 aromatic heterocycles. The molecule has 0 aliphatic rings. The lowest BCUT2D eigenvalue weighted by Gasteiger charge is -2.39. The Hall–Kier alpha value is -3.53. The number of nitrogens with zero attached hydrogens (tertiary/aromatic N) is 3. The number of sulfonamides is 1. The van der Waals surface area contributed by atoms with Crippen LogP contribution in [0.1, 0.15) is 52.2 Å². The van der Waals surface area contributed by atoms with Gasteiger partial charge in [-0.05, 0) is 62.8 Å². The van der Waals surface area contributed by atoms with Gasteiger partial charge in [0.05, 0.1) is 29.0 Å². The molecule has 0 fully saturated rings. The van der Waals surface area contributed by atoms with E-state index in [1.165, 1.54) is 24.3 Å². The highest BCUT2D eigenvalue weighted by Gasteiger charge is 2.39. The van der Waals surface area contributed by atoms with E-state index in [4.69, 9.17) is 5.21 Å². The molecule has 2 amide bonds. The highest BCUT2D eigenvalue weighted by molar-refractivity contribution is 7.90. The minimum Gasteiger partial charge on any atom is -0.465 e. The predicted molar refractivity (Wildman–Crippen MR) is 175 cm³/mol. The minimum atomic E-state index is -4.14. The fourth-order valence-corrected chi connectivity index (χ4v) is 7.25. The second kappa shape index (κ2) is 16.3. The van der Waals surface area contributed by atoms with Gasteiger partial charge in [-0.2, -0.15) is 4.31 Å². The molecule has 4 N–H and O–H groups in total. The fraction of sp³-hybridized carbons (Fsp3) is 0.516. The summed E-state index contributed by atoms with van der Waals surface area (Å²) < 4.78 is 52.7. The smallest absolute Gasteiger partial charge is 0.408 e. The second-order valence-electron chi connectivity index (χ2n) is 12.7. The Morgan fingerprint density at radius 3 is 2.04 bits per heavy atom. The van der Waals surface area contributed by atoms with Crippen molar-refractivity contribution in [3.63, 3.8) is 0 Å². The number of carbonyl (C=O) groups excluding carboxylic acids is 1. The number of carbonyl (C=O) groups is 2. The number of aliphatic hydroxyl groups is 1. The number of hydrogen-bond donors (Lipinski definition) is 4. The maximum atomic E-state index is 13.8. The number of amides is 2. The average molecular weight is 683 g/mol. The van der Waals surface area contributed by atoms with E-state index in [-0.39, 0.29) is 30.2 Å². The van der Waals surface area contributed by atoms with Gasteiger partial charge in [-0.25, -0.2) is 21.6 Å². The van der Waals surface area contributed by atoms with Crippen LogP contribution in [-0.2, 0) is 31.1 Å². The number of nitrogens with one attached hydrogen (secondary N) is 1. The van der Waals surface area contributed by atoms with E-state index in [1.807, 2.05) is 13.8 Å². The van der Waals surface area contributed by atoms with Crippen molar-refractivity contribution in [3.8, 4) is 0 Å². The highest BCUT2D eigenvalue weighted by Crippen LogP contribution is 2.23. The van der Waals surface area contributed by atoms with Gasteiger partial charge in [-0.15, -0.1) is 0 Å². The van der Waals surface area contributed by atoms with Crippen LogP contribution in [0.15, 0.2) is 64.6 Å². The van der Waals surface area contributed by atoms with E-state index in [2.05, 4.69) is 10.5 Å². The Balaban J connectivity index is 2.52. The third-order valence-electron chi connectivity index (χ3n) is 7.08. The predicted octanol–water partition coefficient (Wildman–Crippen LogP) is 2.81. The number of hydrogen-bond acceptors (Lipinski definition) is 9. The molecule has 0 unspecified atom stereocenters. The normalized spacial score (nSPS) is 14.7. The van der Waals surface area contributed by atoms with Crippen molar-refractivity contribution in [1.29, 1.82) is 0 Å². The van der Waals surface area contributed by atoms with Crippen LogP contribution in [0.25, 0.3) is 0 Å². The quantitative estimate of drug-likeness (QED) is 0.117. The van der Waals surface area contributed by atoms with Crippen molar-refractivity contribution >= 4 is 38.1 Å². The van der Waals surface area contributed by atoms with Crippen LogP contribution < -0.4 is 5.32 Å². The molecule has 0 aliphatic carbocycles. The fourth-order valence-electron chi connectivity index (χ4n) is 4.98. The van der Waals surface area contributed by atoms with Crippen LogP contribution in [-0.4, -0.2) is 109 Å². The zero-order chi connectivity index (χ0) is 34.9. The Labute approximate surface area is 271 Å². The maximum Gasteiger partial charge on any atom is 0.408 e. The van der Waals surface area contributed by atoms with Crippen LogP contribution in [0, 0.1) is 5.92 Å². The SMILES string of the molecule is CC(C)CN(C[C@@H](O)[C@H](Cc1ccccc1)NC(=O)[C@H](CCS(C)(=O)=O)N(C(=O)O)C(C)(C)C)S(=O)(=O)c1ccc(/C=N/O)cc1. The maximum absolute atomic E-state index is 13.8. The van der Waals surface area contributed by atoms with Gasteiger partial charge in [0.15, 0.2) is 0 Å². The van der Waals surface area contributed by atoms with E-state index in [0.717, 1.165) is 21.7 Å². The molecule has 46 heavy (non-hydrogen) atoms. The summed E-state index contributed by atoms with van der Waals surface area (Å²) >= 11 is 0. The number of sulfone groups is 1. The molecular formula is C31H46N4O9S2. The molecule has 15 heteroatoms. The third-order valence-corrected chi connectivity index (χ3v) is 9.90. The summed E-state index contributed by atoms with van der Waals surface area (Å²) in [4.78, 5) is 27.0. The Bertz CT molecular complexity index is 1540. The van der Waals surface area contributed by atoms with Crippen LogP contribution in [0.2, 0.25) is 0 Å². The Morgan fingerprint density at radius 1 is 0.978 bits per heavy atom. The van der Waals surface area contributed by atoms with Gasteiger partial charge in [0.2, 0.25) is 15.9 Å². The molecule has 3 atom stereocenters. The van der Waals surface area contributed by atoms with Crippen molar-refractivity contribution in [2.45, 2.75) is 76.1 Å². The molecule has 0 saturated heterocycles. The minimum absolute atomic E-state index is 0.0407. The number of carboxylic acid groups (broad SMARTS) is 1. The molecule has 2 aromatic rings. The van der Waals surface area contributed by atoms with Crippen LogP contribution in [0.3, 0.4) is 0 Å². The van der Waals surface area contributed by atoms with Gasteiger partial charge in [0, 0.05) is 24.9 Å². The molecular weight excluding hydrogens is 636 g/mol. The lowest BCUT2D eigenvalue weighted by Crippen LogP contribution is -2.60. The lowest BCUT2D eigenvalue weighted by atomic mass is 9.98. The van der Waals surface area contributed by atoms with Gasteiger partial charge in [0.1, 0.15) is 15.9 Å². The van der Waals surface area contributed by atoms with Crippen molar-refractivity contribution < 1.29 is 41.8 Å². The largest absolute Gasteiger partial charge is 0.465 e. The number of rotatable bonds is 16. The van der Waals surface area contributed by atoms with Crippen molar-refractivity contribution in [2.24, 2.45) is 11.1 Å². The first-order valence-corrected chi connectivity index (χ1v) is 18.3. The molecule has 0 heterocycles. The molecule has 0 bridgehead atoms. The van der Waals surface area contributed by atoms with Gasteiger partial charge < -0.3 is 20.7 Å². The van der Waals surface area contributed by atoms with Crippen LogP contribution >= 0.6 is 0 Å². The second-order valence-corrected chi connectivity index (χ2v) is 16.9. The molecule has 2 aromatic carbocycles. The van der Waals surface area contributed by atoms with Gasteiger partial charge >= 0.3 is 6.09 Å². The summed E-state index contributed by atoms with van der Waals surface area (Å²) in [6.07, 6.45) is -0.998. The number of aliphatic hydroxyl groups excluding tert-OH is 1. The first-order chi connectivity index (χ1) is 21.3. The monoisotopic (exact) mass is 682 g/mol. The summed E-state index contributed by atoms with van der Waals surface area (Å²) in [5.74, 6) is -1.41. The summed E-state index contributed by atoms with van der Waals surface area (Å²) in [6, 6.07) is 12.0. The Kier molecular flexibility index (Phi) is 13.7. The van der Waals surface area contributed by atoms with Crippen molar-refractivity contribution in [1.82, 2.24) is 14.5 Å². The summed E-state index contributed by atoms with van der Waals surface area (Å²) in [5.41, 5.74) is 0.100. The molecule has 0 spiro atoms. The molecule has 0 saturated carbocycles. The zero-order valence-electron chi connectivity index (χ0n) is 27.1. The first-order valence-electron chi connectivity index (χ1n) is 14.8. The summed E-state index contributed by atoms with van der Waals surface area (Å²) in [6.45, 7) is 8.01. The van der Waals surface area contributed by atoms with Crippen LogP contribution in [0.4, 0.5) is 4.79 Å². The molecule has 2 rings (SSSR count). The summed E-state index contributed by atoms with van der Waals surface area (Å²) in [7, 11) is -7.71. The van der Waals surface area contributed by atoms with Crippen molar-refractivity contribution in [3.05, 3.63) is 65.7 Å². The molecule has 0 aliphatic heterocycles. The van der Waals surface area contributed by atoms with Crippen molar-refractivity contribution in [2.75, 3.05) is 25.1 Å². The summed E-state index contributed by atoms with van der Waals surface area (Å²) in [5, 5.41) is 36.1. The third kappa shape index (κ3) is 11.7. The Morgan fingerprint density at radius 2 is 1.57 bits per heavy atom. The average Bonchev–Trinajstić information content (AvgIpc) is 2.93. The lowest BCUT2D eigenvalue weighted by molar-refractivity contribution is -0.129.